The number of hydrogen-bond donors (Lipinski definition) is 0. The van der Waals surface area contributed by atoms with E-state index in [0.29, 0.717) is 30.3 Å². The topological polar surface area (TPSA) is 63.2 Å². The molecule has 0 N–H and O–H groups in total. The van der Waals surface area contributed by atoms with Crippen LogP contribution in [0.1, 0.15) is 64.5 Å². The first-order valence-corrected chi connectivity index (χ1v) is 12.2. The molecule has 6 nitrogen and oxygen atoms in total. The van der Waals surface area contributed by atoms with Crippen LogP contribution in [0, 0.1) is 22.7 Å². The van der Waals surface area contributed by atoms with Gasteiger partial charge in [-0.05, 0) is 55.7 Å². The normalized spacial score (nSPS) is 33.1. The Bertz CT molecular complexity index is 944. The van der Waals surface area contributed by atoms with Crippen LogP contribution in [-0.2, 0) is 19.0 Å². The summed E-state index contributed by atoms with van der Waals surface area (Å²) in [6.07, 6.45) is -2.52. The minimum Gasteiger partial charge on any atom is -0.497 e. The van der Waals surface area contributed by atoms with E-state index in [9.17, 15) is 18.0 Å². The van der Waals surface area contributed by atoms with Crippen LogP contribution >= 0.6 is 0 Å². The number of alkyl halides is 3. The Balaban J connectivity index is 1.89. The smallest absolute Gasteiger partial charge is 0.490 e. The number of fused-ring (bicyclic) bond motifs is 2. The average molecular weight is 501 g/mol. The van der Waals surface area contributed by atoms with Crippen molar-refractivity contribution in [2.45, 2.75) is 70.9 Å². The first-order chi connectivity index (χ1) is 16.4. The summed E-state index contributed by atoms with van der Waals surface area (Å²) in [6, 6.07) is 4.90. The molecule has 0 radical (unpaired) electrons. The van der Waals surface area contributed by atoms with E-state index in [2.05, 4.69) is 6.92 Å². The summed E-state index contributed by atoms with van der Waals surface area (Å²) in [4.78, 5) is 12.3. The third-order valence-electron chi connectivity index (χ3n) is 9.04. The van der Waals surface area contributed by atoms with Crippen LogP contribution in [0.2, 0.25) is 0 Å². The van der Waals surface area contributed by atoms with Crippen LogP contribution in [0.5, 0.6) is 11.5 Å². The lowest BCUT2D eigenvalue weighted by Crippen LogP contribution is -2.63. The molecule has 1 heterocycles. The zero-order chi connectivity index (χ0) is 25.6. The van der Waals surface area contributed by atoms with E-state index in [0.717, 1.165) is 32.1 Å². The number of carbonyl (C=O) groups is 1. The predicted molar refractivity (Wildman–Crippen MR) is 121 cm³/mol. The van der Waals surface area contributed by atoms with Crippen molar-refractivity contribution in [1.82, 2.24) is 0 Å². The minimum atomic E-state index is -5.13. The van der Waals surface area contributed by atoms with Crippen molar-refractivity contribution in [1.29, 1.82) is 0 Å². The van der Waals surface area contributed by atoms with Gasteiger partial charge in [-0.2, -0.15) is 13.2 Å². The van der Waals surface area contributed by atoms with E-state index >= 15 is 0 Å². The molecule has 0 bridgehead atoms. The molecular formula is C26H35F3O6. The first kappa shape index (κ1) is 26.1. The van der Waals surface area contributed by atoms with Crippen molar-refractivity contribution in [3.8, 4) is 11.5 Å². The Kier molecular flexibility index (Phi) is 6.81. The highest BCUT2D eigenvalue weighted by atomic mass is 19.4. The highest BCUT2D eigenvalue weighted by molar-refractivity contribution is 5.76. The van der Waals surface area contributed by atoms with Gasteiger partial charge in [0.15, 0.2) is 5.79 Å². The summed E-state index contributed by atoms with van der Waals surface area (Å²) in [5.74, 6) is -2.41. The third-order valence-corrected chi connectivity index (χ3v) is 9.04. The molecule has 3 aliphatic rings. The molecule has 1 unspecified atom stereocenters. The van der Waals surface area contributed by atoms with Crippen LogP contribution in [-0.4, -0.2) is 45.4 Å². The fourth-order valence-corrected chi connectivity index (χ4v) is 7.06. The fraction of sp³-hybridized carbons (Fsp3) is 0.731. The van der Waals surface area contributed by atoms with Crippen molar-refractivity contribution >= 4 is 5.97 Å². The van der Waals surface area contributed by atoms with Gasteiger partial charge in [-0.3, -0.25) is 0 Å². The van der Waals surface area contributed by atoms with Crippen molar-refractivity contribution < 1.29 is 41.7 Å². The van der Waals surface area contributed by atoms with Crippen LogP contribution in [0.15, 0.2) is 18.2 Å². The van der Waals surface area contributed by atoms with Gasteiger partial charge in [-0.15, -0.1) is 0 Å². The molecule has 3 fully saturated rings. The second-order valence-electron chi connectivity index (χ2n) is 10.5. The number of methoxy groups -OCH3 is 2. The highest BCUT2D eigenvalue weighted by Gasteiger charge is 2.67. The summed E-state index contributed by atoms with van der Waals surface area (Å²) in [5.41, 5.74) is -0.968. The molecule has 1 aromatic rings. The molecule has 4 rings (SSSR count). The van der Waals surface area contributed by atoms with Gasteiger partial charge in [-0.1, -0.05) is 20.8 Å². The maximum Gasteiger partial charge on any atom is 0.490 e. The largest absolute Gasteiger partial charge is 0.497 e. The Morgan fingerprint density at radius 3 is 2.37 bits per heavy atom. The molecule has 2 aliphatic carbocycles. The molecule has 1 spiro atoms. The molecule has 1 aliphatic heterocycles. The summed E-state index contributed by atoms with van der Waals surface area (Å²) < 4.78 is 69.4. The molecule has 5 atom stereocenters. The summed E-state index contributed by atoms with van der Waals surface area (Å²) in [7, 11) is 2.92. The number of halogens is 3. The molecule has 0 aromatic heterocycles. The van der Waals surface area contributed by atoms with Crippen molar-refractivity contribution in [3.63, 3.8) is 0 Å². The molecule has 1 aromatic carbocycles. The third kappa shape index (κ3) is 4.08. The number of benzene rings is 1. The van der Waals surface area contributed by atoms with E-state index in [1.807, 2.05) is 13.8 Å². The lowest BCUT2D eigenvalue weighted by atomic mass is 9.44. The molecule has 35 heavy (non-hydrogen) atoms. The maximum atomic E-state index is 13.5. The van der Waals surface area contributed by atoms with Gasteiger partial charge in [0.2, 0.25) is 0 Å². The highest BCUT2D eigenvalue weighted by Crippen LogP contribution is 2.68. The predicted octanol–water partition coefficient (Wildman–Crippen LogP) is 5.84. The van der Waals surface area contributed by atoms with Crippen molar-refractivity contribution in [2.24, 2.45) is 22.7 Å². The number of hydrogen-bond acceptors (Lipinski definition) is 6. The van der Waals surface area contributed by atoms with Crippen LogP contribution in [0.4, 0.5) is 13.2 Å². The Labute approximate surface area is 204 Å². The molecular weight excluding hydrogens is 465 g/mol. The summed E-state index contributed by atoms with van der Waals surface area (Å²) >= 11 is 0. The van der Waals surface area contributed by atoms with E-state index in [1.54, 1.807) is 18.2 Å². The Hall–Kier alpha value is -2.00. The maximum absolute atomic E-state index is 13.5. The van der Waals surface area contributed by atoms with Gasteiger partial charge in [0.25, 0.3) is 0 Å². The summed E-state index contributed by atoms with van der Waals surface area (Å²) in [5, 5.41) is 0. The zero-order valence-electron chi connectivity index (χ0n) is 21.0. The van der Waals surface area contributed by atoms with Gasteiger partial charge in [0.05, 0.1) is 27.4 Å². The van der Waals surface area contributed by atoms with Gasteiger partial charge in [0, 0.05) is 22.8 Å². The van der Waals surface area contributed by atoms with E-state index in [1.165, 1.54) is 14.2 Å². The number of rotatable bonds is 5. The quantitative estimate of drug-likeness (QED) is 0.474. The van der Waals surface area contributed by atoms with Crippen molar-refractivity contribution in [3.05, 3.63) is 23.8 Å². The second kappa shape index (κ2) is 9.14. The average Bonchev–Trinajstić information content (AvgIpc) is 3.30. The van der Waals surface area contributed by atoms with E-state index in [4.69, 9.17) is 23.7 Å². The van der Waals surface area contributed by atoms with Crippen LogP contribution < -0.4 is 9.47 Å². The summed E-state index contributed by atoms with van der Waals surface area (Å²) in [6.45, 7) is 7.08. The van der Waals surface area contributed by atoms with Gasteiger partial charge in [-0.25, -0.2) is 4.79 Å². The molecule has 1 saturated heterocycles. The second-order valence-corrected chi connectivity index (χ2v) is 10.5. The minimum absolute atomic E-state index is 0.0564. The fourth-order valence-electron chi connectivity index (χ4n) is 7.06. The molecule has 196 valence electrons. The number of ether oxygens (including phenoxy) is 5. The monoisotopic (exact) mass is 500 g/mol. The van der Waals surface area contributed by atoms with Crippen LogP contribution in [0.3, 0.4) is 0 Å². The Morgan fingerprint density at radius 1 is 1.09 bits per heavy atom. The van der Waals surface area contributed by atoms with Crippen molar-refractivity contribution in [2.75, 3.05) is 27.4 Å². The zero-order valence-corrected chi connectivity index (χ0v) is 21.0. The van der Waals surface area contributed by atoms with Crippen LogP contribution in [0.25, 0.3) is 0 Å². The van der Waals surface area contributed by atoms with Gasteiger partial charge in [0.1, 0.15) is 17.6 Å². The van der Waals surface area contributed by atoms with E-state index in [-0.39, 0.29) is 11.8 Å². The number of carbonyl (C=O) groups excluding carboxylic acids is 1. The molecule has 2 saturated carbocycles. The molecule has 0 amide bonds. The number of esters is 1. The standard InChI is InChI=1S/C26H35F3O6/c1-16-10-12-23(2)20(7-6-11-25(23)33-13-14-34-25)24(16,3)21(35-22(30)26(27,28)29)18-15-17(31-4)8-9-19(18)32-5/h8-9,15-16,20-21H,6-7,10-14H2,1-5H3/t16-,20+,21?,23+,24+/m0/s1. The SMILES string of the molecule is COc1ccc(OC)c(C(OC(=O)C(F)(F)F)[C@]2(C)[C@@H](C)CC[C@]3(C)[C@H]2CCCC32OCCO2)c1. The first-order valence-electron chi connectivity index (χ1n) is 12.2. The lowest BCUT2D eigenvalue weighted by molar-refractivity contribution is -0.307. The van der Waals surface area contributed by atoms with Gasteiger partial charge >= 0.3 is 12.1 Å². The molecule has 9 heteroatoms. The van der Waals surface area contributed by atoms with Gasteiger partial charge < -0.3 is 23.7 Å². The Morgan fingerprint density at radius 2 is 1.77 bits per heavy atom. The van der Waals surface area contributed by atoms with E-state index < -0.39 is 34.9 Å². The lowest BCUT2D eigenvalue weighted by Gasteiger charge is -2.64.